The van der Waals surface area contributed by atoms with Crippen molar-refractivity contribution in [2.75, 3.05) is 25.5 Å². The Hall–Kier alpha value is -1.10. The zero-order valence-electron chi connectivity index (χ0n) is 9.04. The Morgan fingerprint density at radius 2 is 2.13 bits per heavy atom. The summed E-state index contributed by atoms with van der Waals surface area (Å²) in [7, 11) is 1.82. The second-order valence-electron chi connectivity index (χ2n) is 3.68. The van der Waals surface area contributed by atoms with Gasteiger partial charge < -0.3 is 10.2 Å². The summed E-state index contributed by atoms with van der Waals surface area (Å²) in [6, 6.07) is 0. The minimum Gasteiger partial charge on any atom is -0.365 e. The minimum atomic E-state index is 0.143. The average molecular weight is 225 g/mol. The van der Waals surface area contributed by atoms with Crippen LogP contribution in [0.3, 0.4) is 0 Å². The molecule has 4 nitrogen and oxygen atoms in total. The van der Waals surface area contributed by atoms with Crippen LogP contribution in [0, 0.1) is 6.92 Å². The monoisotopic (exact) mass is 225 g/mol. The van der Waals surface area contributed by atoms with Crippen LogP contribution in [0.2, 0.25) is 0 Å². The van der Waals surface area contributed by atoms with Crippen molar-refractivity contribution < 1.29 is 4.79 Å². The van der Waals surface area contributed by atoms with Gasteiger partial charge in [0.15, 0.2) is 5.13 Å². The van der Waals surface area contributed by atoms with Crippen LogP contribution in [0.1, 0.15) is 28.2 Å². The van der Waals surface area contributed by atoms with E-state index >= 15 is 0 Å². The molecular formula is C10H15N3OS. The van der Waals surface area contributed by atoms with Gasteiger partial charge in [0.1, 0.15) is 4.88 Å². The number of rotatable bonds is 2. The van der Waals surface area contributed by atoms with Gasteiger partial charge in [-0.1, -0.05) is 11.3 Å². The predicted octanol–water partition coefficient (Wildman–Crippen LogP) is 1.73. The summed E-state index contributed by atoms with van der Waals surface area (Å²) < 4.78 is 0. The normalized spacial score (nSPS) is 15.7. The smallest absolute Gasteiger partial charge is 0.265 e. The molecule has 0 aliphatic carbocycles. The lowest BCUT2D eigenvalue weighted by Crippen LogP contribution is -2.27. The highest BCUT2D eigenvalue weighted by Gasteiger charge is 2.23. The van der Waals surface area contributed by atoms with E-state index in [1.54, 1.807) is 0 Å². The third kappa shape index (κ3) is 1.97. The maximum absolute atomic E-state index is 12.1. The summed E-state index contributed by atoms with van der Waals surface area (Å²) in [4.78, 5) is 19.0. The zero-order chi connectivity index (χ0) is 10.8. The van der Waals surface area contributed by atoms with Crippen molar-refractivity contribution in [1.29, 1.82) is 0 Å². The third-order valence-electron chi connectivity index (χ3n) is 2.60. The van der Waals surface area contributed by atoms with Crippen molar-refractivity contribution in [2.24, 2.45) is 0 Å². The maximum Gasteiger partial charge on any atom is 0.265 e. The lowest BCUT2D eigenvalue weighted by atomic mass is 10.3. The van der Waals surface area contributed by atoms with E-state index in [9.17, 15) is 4.79 Å². The third-order valence-corrected chi connectivity index (χ3v) is 3.76. The number of nitrogens with zero attached hydrogens (tertiary/aromatic N) is 2. The Bertz CT molecular complexity index is 369. The highest BCUT2D eigenvalue weighted by molar-refractivity contribution is 7.17. The first-order valence-electron chi connectivity index (χ1n) is 5.17. The summed E-state index contributed by atoms with van der Waals surface area (Å²) in [6.45, 7) is 3.68. The van der Waals surface area contributed by atoms with Crippen molar-refractivity contribution in [3.05, 3.63) is 10.6 Å². The molecule has 1 N–H and O–H groups in total. The molecule has 0 spiro atoms. The Morgan fingerprint density at radius 1 is 1.47 bits per heavy atom. The van der Waals surface area contributed by atoms with Gasteiger partial charge in [0.05, 0.1) is 5.69 Å². The van der Waals surface area contributed by atoms with Crippen molar-refractivity contribution in [3.63, 3.8) is 0 Å². The van der Waals surface area contributed by atoms with Crippen molar-refractivity contribution in [1.82, 2.24) is 9.88 Å². The van der Waals surface area contributed by atoms with Gasteiger partial charge in [-0.25, -0.2) is 4.98 Å². The van der Waals surface area contributed by atoms with E-state index in [1.807, 2.05) is 18.9 Å². The molecular weight excluding hydrogens is 210 g/mol. The number of aryl methyl sites for hydroxylation is 1. The molecule has 1 aliphatic rings. The van der Waals surface area contributed by atoms with Crippen LogP contribution in [0.5, 0.6) is 0 Å². The molecule has 0 atom stereocenters. The average Bonchev–Trinajstić information content (AvgIpc) is 2.85. The standard InChI is InChI=1S/C10H15N3OS/c1-7-8(15-10(11-2)12-7)9(14)13-5-3-4-6-13/h3-6H2,1-2H3,(H,11,12). The Kier molecular flexibility index (Phi) is 2.90. The van der Waals surface area contributed by atoms with E-state index in [1.165, 1.54) is 11.3 Å². The molecule has 2 rings (SSSR count). The zero-order valence-corrected chi connectivity index (χ0v) is 9.86. The summed E-state index contributed by atoms with van der Waals surface area (Å²) in [5, 5.41) is 3.79. The summed E-state index contributed by atoms with van der Waals surface area (Å²) >= 11 is 1.44. The van der Waals surface area contributed by atoms with Crippen molar-refractivity contribution in [3.8, 4) is 0 Å². The summed E-state index contributed by atoms with van der Waals surface area (Å²) in [6.07, 6.45) is 2.25. The van der Waals surface area contributed by atoms with Gasteiger partial charge in [-0.15, -0.1) is 0 Å². The fourth-order valence-electron chi connectivity index (χ4n) is 1.77. The molecule has 0 radical (unpaired) electrons. The molecule has 1 aliphatic heterocycles. The fourth-order valence-corrected chi connectivity index (χ4v) is 2.65. The topological polar surface area (TPSA) is 45.2 Å². The molecule has 1 aromatic rings. The van der Waals surface area contributed by atoms with Crippen LogP contribution in [0.4, 0.5) is 5.13 Å². The number of hydrogen-bond donors (Lipinski definition) is 1. The number of hydrogen-bond acceptors (Lipinski definition) is 4. The molecule has 5 heteroatoms. The first kappa shape index (κ1) is 10.4. The Balaban J connectivity index is 2.20. The van der Waals surface area contributed by atoms with Gasteiger partial charge in [-0.2, -0.15) is 0 Å². The number of likely N-dealkylation sites (tertiary alicyclic amines) is 1. The van der Waals surface area contributed by atoms with E-state index in [0.717, 1.165) is 41.6 Å². The minimum absolute atomic E-state index is 0.143. The van der Waals surface area contributed by atoms with Crippen molar-refractivity contribution >= 4 is 22.4 Å². The van der Waals surface area contributed by atoms with Crippen molar-refractivity contribution in [2.45, 2.75) is 19.8 Å². The number of carbonyl (C=O) groups excluding carboxylic acids is 1. The predicted molar refractivity (Wildman–Crippen MR) is 61.5 cm³/mol. The van der Waals surface area contributed by atoms with Gasteiger partial charge in [0, 0.05) is 20.1 Å². The number of thiazole rings is 1. The Morgan fingerprint density at radius 3 is 2.67 bits per heavy atom. The molecule has 0 aromatic carbocycles. The molecule has 0 unspecified atom stereocenters. The molecule has 1 aromatic heterocycles. The van der Waals surface area contributed by atoms with Gasteiger partial charge in [0.25, 0.3) is 5.91 Å². The molecule has 1 amide bonds. The first-order valence-corrected chi connectivity index (χ1v) is 5.98. The fraction of sp³-hybridized carbons (Fsp3) is 0.600. The van der Waals surface area contributed by atoms with E-state index < -0.39 is 0 Å². The number of carbonyl (C=O) groups is 1. The van der Waals surface area contributed by atoms with Crippen LogP contribution in [-0.4, -0.2) is 35.9 Å². The number of aromatic nitrogens is 1. The maximum atomic E-state index is 12.1. The van der Waals surface area contributed by atoms with Crippen LogP contribution < -0.4 is 5.32 Å². The van der Waals surface area contributed by atoms with E-state index in [-0.39, 0.29) is 5.91 Å². The largest absolute Gasteiger partial charge is 0.365 e. The summed E-state index contributed by atoms with van der Waals surface area (Å²) in [5.74, 6) is 0.143. The van der Waals surface area contributed by atoms with E-state index in [2.05, 4.69) is 10.3 Å². The first-order chi connectivity index (χ1) is 7.22. The molecule has 0 bridgehead atoms. The van der Waals surface area contributed by atoms with E-state index in [0.29, 0.717) is 0 Å². The SMILES string of the molecule is CNc1nc(C)c(C(=O)N2CCCC2)s1. The molecule has 82 valence electrons. The lowest BCUT2D eigenvalue weighted by molar-refractivity contribution is 0.0796. The second-order valence-corrected chi connectivity index (χ2v) is 4.68. The molecule has 1 saturated heterocycles. The quantitative estimate of drug-likeness (QED) is 0.833. The van der Waals surface area contributed by atoms with Gasteiger partial charge in [0.2, 0.25) is 0 Å². The van der Waals surface area contributed by atoms with Crippen LogP contribution >= 0.6 is 11.3 Å². The number of amides is 1. The number of nitrogens with one attached hydrogen (secondary N) is 1. The lowest BCUT2D eigenvalue weighted by Gasteiger charge is -2.13. The number of anilines is 1. The second kappa shape index (κ2) is 4.18. The molecule has 1 fully saturated rings. The Labute approximate surface area is 93.3 Å². The van der Waals surface area contributed by atoms with Crippen LogP contribution in [0.25, 0.3) is 0 Å². The molecule has 2 heterocycles. The van der Waals surface area contributed by atoms with Crippen LogP contribution in [-0.2, 0) is 0 Å². The van der Waals surface area contributed by atoms with E-state index in [4.69, 9.17) is 0 Å². The summed E-state index contributed by atoms with van der Waals surface area (Å²) in [5.41, 5.74) is 0.834. The molecule has 0 saturated carbocycles. The van der Waals surface area contributed by atoms with Gasteiger partial charge >= 0.3 is 0 Å². The molecule has 15 heavy (non-hydrogen) atoms. The highest BCUT2D eigenvalue weighted by Crippen LogP contribution is 2.24. The van der Waals surface area contributed by atoms with Gasteiger partial charge in [-0.3, -0.25) is 4.79 Å². The van der Waals surface area contributed by atoms with Crippen LogP contribution in [0.15, 0.2) is 0 Å². The highest BCUT2D eigenvalue weighted by atomic mass is 32.1. The van der Waals surface area contributed by atoms with Gasteiger partial charge in [-0.05, 0) is 19.8 Å².